The maximum atomic E-state index is 13.8. The second kappa shape index (κ2) is 10.9. The van der Waals surface area contributed by atoms with Gasteiger partial charge in [0, 0.05) is 42.4 Å². The predicted molar refractivity (Wildman–Crippen MR) is 157 cm³/mol. The lowest BCUT2D eigenvalue weighted by atomic mass is 9.75. The minimum absolute atomic E-state index is 0.112. The number of hydrogen-bond donors (Lipinski definition) is 3. The zero-order valence-electron chi connectivity index (χ0n) is 22.5. The number of hydrogen-bond acceptors (Lipinski definition) is 7. The number of halogens is 2. The van der Waals surface area contributed by atoms with Crippen molar-refractivity contribution in [3.8, 4) is 23.0 Å². The topological polar surface area (TPSA) is 127 Å². The number of carbonyl (C=O) groups is 1. The number of anilines is 1. The van der Waals surface area contributed by atoms with Crippen LogP contribution in [0.15, 0.2) is 42.7 Å². The van der Waals surface area contributed by atoms with Crippen molar-refractivity contribution >= 4 is 33.8 Å². The molecule has 216 valence electrons. The molecular weight excluding hydrogens is 567 g/mol. The Morgan fingerprint density at radius 2 is 1.88 bits per heavy atom. The summed E-state index contributed by atoms with van der Waals surface area (Å²) in [5, 5.41) is 17.6. The van der Waals surface area contributed by atoms with Gasteiger partial charge in [-0.25, -0.2) is 14.1 Å². The molecule has 41 heavy (non-hydrogen) atoms. The Labute approximate surface area is 244 Å². The number of rotatable bonds is 6. The van der Waals surface area contributed by atoms with E-state index in [0.717, 1.165) is 48.0 Å². The van der Waals surface area contributed by atoms with Crippen molar-refractivity contribution in [2.45, 2.75) is 50.0 Å². The van der Waals surface area contributed by atoms with E-state index in [-0.39, 0.29) is 22.8 Å². The van der Waals surface area contributed by atoms with Crippen LogP contribution in [-0.2, 0) is 4.79 Å². The summed E-state index contributed by atoms with van der Waals surface area (Å²) in [6, 6.07) is 11.5. The molecule has 0 unspecified atom stereocenters. The van der Waals surface area contributed by atoms with E-state index < -0.39 is 21.9 Å². The third-order valence-electron chi connectivity index (χ3n) is 8.45. The molecule has 3 aliphatic rings. The summed E-state index contributed by atoms with van der Waals surface area (Å²) >= 11 is 6.36. The number of aromatic nitrogens is 3. The van der Waals surface area contributed by atoms with Gasteiger partial charge in [-0.1, -0.05) is 36.6 Å². The summed E-state index contributed by atoms with van der Waals surface area (Å²) in [6.07, 6.45) is 7.61. The fourth-order valence-corrected chi connectivity index (χ4v) is 7.36. The van der Waals surface area contributed by atoms with E-state index in [2.05, 4.69) is 21.3 Å². The van der Waals surface area contributed by atoms with Gasteiger partial charge in [-0.05, 0) is 49.4 Å². The predicted octanol–water partition coefficient (Wildman–Crippen LogP) is 5.74. The van der Waals surface area contributed by atoms with Crippen LogP contribution in [0.2, 0.25) is 5.02 Å². The first-order valence-electron chi connectivity index (χ1n) is 13.9. The SMILES string of the molecule is N#CC1(NC(=O)[C@@H]2CCCC[C@H]2c2nn(-c3ncc(F)cc3Cl)cc2-c2ccc(N3CCS(O)(O)CC3)cc2)CC1. The van der Waals surface area contributed by atoms with E-state index in [4.69, 9.17) is 16.7 Å². The van der Waals surface area contributed by atoms with E-state index in [1.807, 2.05) is 30.5 Å². The number of benzene rings is 1. The van der Waals surface area contributed by atoms with E-state index in [0.29, 0.717) is 49.7 Å². The van der Waals surface area contributed by atoms with Gasteiger partial charge in [0.15, 0.2) is 5.82 Å². The molecule has 3 fully saturated rings. The quantitative estimate of drug-likeness (QED) is 0.330. The number of amides is 1. The van der Waals surface area contributed by atoms with Crippen molar-refractivity contribution in [2.24, 2.45) is 5.92 Å². The van der Waals surface area contributed by atoms with Crippen LogP contribution >= 0.6 is 22.2 Å². The van der Waals surface area contributed by atoms with Gasteiger partial charge >= 0.3 is 0 Å². The van der Waals surface area contributed by atoms with Gasteiger partial charge in [0.1, 0.15) is 11.4 Å². The molecule has 3 aromatic rings. The molecule has 3 heterocycles. The van der Waals surface area contributed by atoms with Crippen molar-refractivity contribution in [2.75, 3.05) is 29.5 Å². The highest BCUT2D eigenvalue weighted by Crippen LogP contribution is 2.44. The lowest BCUT2D eigenvalue weighted by Gasteiger charge is -2.41. The van der Waals surface area contributed by atoms with Crippen molar-refractivity contribution in [3.05, 3.63) is 59.3 Å². The molecule has 9 nitrogen and oxygen atoms in total. The van der Waals surface area contributed by atoms with Crippen molar-refractivity contribution in [3.63, 3.8) is 0 Å². The molecule has 1 saturated heterocycles. The minimum atomic E-state index is -2.49. The number of pyridine rings is 1. The monoisotopic (exact) mass is 598 g/mol. The van der Waals surface area contributed by atoms with Gasteiger partial charge in [-0.2, -0.15) is 21.0 Å². The molecule has 3 N–H and O–H groups in total. The normalized spacial score (nSPS) is 23.8. The molecule has 0 bridgehead atoms. The van der Waals surface area contributed by atoms with Crippen molar-refractivity contribution in [1.29, 1.82) is 5.26 Å². The average Bonchev–Trinajstić information content (AvgIpc) is 3.60. The fourth-order valence-electron chi connectivity index (χ4n) is 5.89. The standard InChI is InChI=1S/C29H32ClFN6O3S/c30-25-15-20(31)16-33-27(25)37-17-24(19-5-7-21(8-6-19)36-11-13-41(39,40)14-12-36)26(35-37)22-3-1-2-4-23(22)28(38)34-29(18-32)9-10-29/h5-8,15-17,22-23,39-40H,1-4,9-14H2,(H,34,38)/t22-,23-/m1/s1. The van der Waals surface area contributed by atoms with Gasteiger partial charge < -0.3 is 10.2 Å². The molecule has 1 aromatic carbocycles. The molecule has 2 aliphatic carbocycles. The van der Waals surface area contributed by atoms with Gasteiger partial charge in [0.25, 0.3) is 0 Å². The van der Waals surface area contributed by atoms with Crippen molar-refractivity contribution in [1.82, 2.24) is 20.1 Å². The van der Waals surface area contributed by atoms with Crippen molar-refractivity contribution < 1.29 is 18.3 Å². The molecule has 6 rings (SSSR count). The third-order valence-corrected chi connectivity index (χ3v) is 10.4. The summed E-state index contributed by atoms with van der Waals surface area (Å²) in [5.74, 6) is -0.163. The van der Waals surface area contributed by atoms with Crippen LogP contribution in [-0.4, -0.2) is 59.9 Å². The first kappa shape index (κ1) is 28.0. The Bertz CT molecular complexity index is 1490. The lowest BCUT2D eigenvalue weighted by molar-refractivity contribution is -0.127. The van der Waals surface area contributed by atoms with Crippen LogP contribution in [0.1, 0.15) is 50.1 Å². The molecule has 2 saturated carbocycles. The van der Waals surface area contributed by atoms with E-state index in [1.54, 1.807) is 4.68 Å². The van der Waals surface area contributed by atoms with Crippen LogP contribution in [0.25, 0.3) is 16.9 Å². The zero-order chi connectivity index (χ0) is 28.8. The fraction of sp³-hybridized carbons (Fsp3) is 0.448. The maximum absolute atomic E-state index is 13.8. The molecule has 1 amide bonds. The van der Waals surface area contributed by atoms with Crippen LogP contribution in [0, 0.1) is 23.1 Å². The van der Waals surface area contributed by atoms with E-state index in [9.17, 15) is 23.6 Å². The van der Waals surface area contributed by atoms with Crippen LogP contribution in [0.5, 0.6) is 0 Å². The molecule has 0 spiro atoms. The number of nitrogens with one attached hydrogen (secondary N) is 1. The Hall–Kier alpha value is -3.17. The molecule has 0 radical (unpaired) electrons. The van der Waals surface area contributed by atoms with Crippen LogP contribution in [0.4, 0.5) is 10.1 Å². The van der Waals surface area contributed by atoms with Gasteiger partial charge in [0.2, 0.25) is 5.91 Å². The maximum Gasteiger partial charge on any atom is 0.225 e. The Morgan fingerprint density at radius 1 is 1.17 bits per heavy atom. The first-order chi connectivity index (χ1) is 19.7. The van der Waals surface area contributed by atoms with E-state index in [1.165, 1.54) is 6.07 Å². The molecular formula is C29H32ClFN6O3S. The zero-order valence-corrected chi connectivity index (χ0v) is 24.0. The Kier molecular flexibility index (Phi) is 7.44. The lowest BCUT2D eigenvalue weighted by Crippen LogP contribution is -2.42. The van der Waals surface area contributed by atoms with Gasteiger partial charge in [-0.3, -0.25) is 13.9 Å². The summed E-state index contributed by atoms with van der Waals surface area (Å²) in [4.78, 5) is 19.8. The second-order valence-corrected chi connectivity index (χ2v) is 14.1. The third kappa shape index (κ3) is 5.79. The largest absolute Gasteiger partial charge is 0.368 e. The highest BCUT2D eigenvalue weighted by molar-refractivity contribution is 8.24. The summed E-state index contributed by atoms with van der Waals surface area (Å²) in [7, 11) is -2.49. The minimum Gasteiger partial charge on any atom is -0.368 e. The molecule has 1 aliphatic heterocycles. The first-order valence-corrected chi connectivity index (χ1v) is 16.2. The van der Waals surface area contributed by atoms with E-state index >= 15 is 0 Å². The summed E-state index contributed by atoms with van der Waals surface area (Å²) < 4.78 is 35.3. The average molecular weight is 599 g/mol. The van der Waals surface area contributed by atoms with Gasteiger partial charge in [0.05, 0.1) is 34.5 Å². The highest BCUT2D eigenvalue weighted by atomic mass is 35.5. The number of nitrogens with zero attached hydrogens (tertiary/aromatic N) is 5. The Balaban J connectivity index is 1.36. The number of nitriles is 1. The second-order valence-electron chi connectivity index (χ2n) is 11.3. The summed E-state index contributed by atoms with van der Waals surface area (Å²) in [6.45, 7) is 1.14. The molecule has 12 heteroatoms. The molecule has 2 atom stereocenters. The van der Waals surface area contributed by atoms with Gasteiger partial charge in [-0.15, -0.1) is 0 Å². The smallest absolute Gasteiger partial charge is 0.225 e. The summed E-state index contributed by atoms with van der Waals surface area (Å²) in [5.41, 5.74) is 2.72. The van der Waals surface area contributed by atoms with Crippen LogP contribution < -0.4 is 10.2 Å². The molecule has 2 aromatic heterocycles. The highest BCUT2D eigenvalue weighted by Gasteiger charge is 2.47. The number of carbonyl (C=O) groups excluding carboxylic acids is 1. The van der Waals surface area contributed by atoms with Crippen LogP contribution in [0.3, 0.4) is 0 Å². The Morgan fingerprint density at radius 3 is 2.54 bits per heavy atom.